The van der Waals surface area contributed by atoms with Gasteiger partial charge in [-0.3, -0.25) is 19.7 Å². The van der Waals surface area contributed by atoms with Crippen molar-refractivity contribution in [2.45, 2.75) is 19.9 Å². The Morgan fingerprint density at radius 1 is 1.10 bits per heavy atom. The van der Waals surface area contributed by atoms with Crippen LogP contribution in [0.3, 0.4) is 0 Å². The van der Waals surface area contributed by atoms with Crippen LogP contribution in [0.15, 0.2) is 41.2 Å². The van der Waals surface area contributed by atoms with E-state index in [4.69, 9.17) is 4.74 Å². The van der Waals surface area contributed by atoms with E-state index in [1.54, 1.807) is 17.0 Å². The molecule has 0 unspecified atom stereocenters. The number of piperazine rings is 1. The molecule has 1 fully saturated rings. The van der Waals surface area contributed by atoms with Crippen molar-refractivity contribution in [1.29, 1.82) is 0 Å². The van der Waals surface area contributed by atoms with Crippen LogP contribution in [0.5, 0.6) is 0 Å². The standard InChI is InChI=1S/C20H23N5O6/c1-2-9-24-18(26)8-7-17(21-24)20(28)31-14-19(27)23-12-10-22(11-13-23)15-3-5-16(6-4-15)25(29)30/h3-8H,2,9-14H2,1H3. The zero-order chi connectivity index (χ0) is 22.4. The van der Waals surface area contributed by atoms with Crippen LogP contribution in [-0.4, -0.2) is 64.3 Å². The molecule has 11 nitrogen and oxygen atoms in total. The topological polar surface area (TPSA) is 128 Å². The SMILES string of the molecule is CCCn1nc(C(=O)OCC(=O)N2CCN(c3ccc([N+](=O)[O-])cc3)CC2)ccc1=O. The fraction of sp³-hybridized carbons (Fsp3) is 0.400. The van der Waals surface area contributed by atoms with Gasteiger partial charge in [-0.1, -0.05) is 6.92 Å². The molecule has 0 N–H and O–H groups in total. The molecule has 11 heteroatoms. The molecular formula is C20H23N5O6. The summed E-state index contributed by atoms with van der Waals surface area (Å²) in [5.41, 5.74) is 0.542. The molecule has 1 aliphatic heterocycles. The Balaban J connectivity index is 1.50. The highest BCUT2D eigenvalue weighted by atomic mass is 16.6. The minimum Gasteiger partial charge on any atom is -0.451 e. The third kappa shape index (κ3) is 5.44. The van der Waals surface area contributed by atoms with Crippen LogP contribution in [0.25, 0.3) is 0 Å². The van der Waals surface area contributed by atoms with Gasteiger partial charge in [-0.15, -0.1) is 0 Å². The van der Waals surface area contributed by atoms with Crippen molar-refractivity contribution in [3.8, 4) is 0 Å². The van der Waals surface area contributed by atoms with Gasteiger partial charge in [0.15, 0.2) is 12.3 Å². The number of ether oxygens (including phenoxy) is 1. The Kier molecular flexibility index (Phi) is 6.96. The van der Waals surface area contributed by atoms with E-state index in [0.29, 0.717) is 39.1 Å². The molecule has 1 amide bonds. The maximum absolute atomic E-state index is 12.4. The van der Waals surface area contributed by atoms with E-state index in [0.717, 1.165) is 5.69 Å². The van der Waals surface area contributed by atoms with Crippen LogP contribution in [0.4, 0.5) is 11.4 Å². The molecule has 1 aliphatic rings. The summed E-state index contributed by atoms with van der Waals surface area (Å²) < 4.78 is 6.27. The lowest BCUT2D eigenvalue weighted by atomic mass is 10.2. The van der Waals surface area contributed by atoms with Crippen LogP contribution in [0.2, 0.25) is 0 Å². The largest absolute Gasteiger partial charge is 0.451 e. The number of aromatic nitrogens is 2. The predicted molar refractivity (Wildman–Crippen MR) is 111 cm³/mol. The molecule has 0 radical (unpaired) electrons. The monoisotopic (exact) mass is 429 g/mol. The number of carbonyl (C=O) groups is 2. The molecule has 1 aromatic carbocycles. The number of amides is 1. The Morgan fingerprint density at radius 2 is 1.77 bits per heavy atom. The molecule has 0 aliphatic carbocycles. The van der Waals surface area contributed by atoms with Crippen LogP contribution in [-0.2, 0) is 16.1 Å². The number of nitro benzene ring substituents is 1. The molecule has 31 heavy (non-hydrogen) atoms. The third-order valence-electron chi connectivity index (χ3n) is 4.90. The van der Waals surface area contributed by atoms with Gasteiger partial charge in [0.25, 0.3) is 17.2 Å². The van der Waals surface area contributed by atoms with E-state index in [2.05, 4.69) is 5.10 Å². The van der Waals surface area contributed by atoms with Gasteiger partial charge >= 0.3 is 5.97 Å². The fourth-order valence-electron chi connectivity index (χ4n) is 3.22. The number of aryl methyl sites for hydroxylation is 1. The summed E-state index contributed by atoms with van der Waals surface area (Å²) in [6, 6.07) is 8.79. The first-order valence-corrected chi connectivity index (χ1v) is 9.91. The van der Waals surface area contributed by atoms with Crippen molar-refractivity contribution in [2.75, 3.05) is 37.7 Å². The van der Waals surface area contributed by atoms with E-state index < -0.39 is 17.5 Å². The van der Waals surface area contributed by atoms with Crippen molar-refractivity contribution >= 4 is 23.3 Å². The van der Waals surface area contributed by atoms with Gasteiger partial charge in [0.2, 0.25) is 0 Å². The van der Waals surface area contributed by atoms with Gasteiger partial charge < -0.3 is 14.5 Å². The summed E-state index contributed by atoms with van der Waals surface area (Å²) in [7, 11) is 0. The summed E-state index contributed by atoms with van der Waals surface area (Å²) in [5, 5.41) is 14.7. The molecule has 0 saturated carbocycles. The summed E-state index contributed by atoms with van der Waals surface area (Å²) in [5.74, 6) is -1.08. The minimum atomic E-state index is -0.761. The normalized spacial score (nSPS) is 13.7. The number of carbonyl (C=O) groups excluding carboxylic acids is 2. The number of nitrogens with zero attached hydrogens (tertiary/aromatic N) is 5. The first-order valence-electron chi connectivity index (χ1n) is 9.91. The molecule has 1 saturated heterocycles. The van der Waals surface area contributed by atoms with E-state index >= 15 is 0 Å². The van der Waals surface area contributed by atoms with E-state index in [1.165, 1.54) is 28.9 Å². The molecule has 3 rings (SSSR count). The van der Waals surface area contributed by atoms with Crippen molar-refractivity contribution in [2.24, 2.45) is 0 Å². The number of nitro groups is 1. The van der Waals surface area contributed by atoms with Crippen molar-refractivity contribution < 1.29 is 19.2 Å². The average Bonchev–Trinajstić information content (AvgIpc) is 2.79. The number of non-ortho nitro benzene ring substituents is 1. The summed E-state index contributed by atoms with van der Waals surface area (Å²) in [6.45, 7) is 3.85. The third-order valence-corrected chi connectivity index (χ3v) is 4.90. The lowest BCUT2D eigenvalue weighted by Crippen LogP contribution is -2.49. The Morgan fingerprint density at radius 3 is 2.39 bits per heavy atom. The summed E-state index contributed by atoms with van der Waals surface area (Å²) in [6.07, 6.45) is 0.690. The number of rotatable bonds is 7. The minimum absolute atomic E-state index is 0.0242. The molecule has 1 aromatic heterocycles. The van der Waals surface area contributed by atoms with Gasteiger partial charge in [-0.25, -0.2) is 9.48 Å². The summed E-state index contributed by atoms with van der Waals surface area (Å²) in [4.78, 5) is 50.2. The van der Waals surface area contributed by atoms with Crippen LogP contribution >= 0.6 is 0 Å². The van der Waals surface area contributed by atoms with Crippen LogP contribution in [0.1, 0.15) is 23.8 Å². The highest BCUT2D eigenvalue weighted by Gasteiger charge is 2.23. The first-order chi connectivity index (χ1) is 14.9. The summed E-state index contributed by atoms with van der Waals surface area (Å²) >= 11 is 0. The molecule has 0 spiro atoms. The van der Waals surface area contributed by atoms with Gasteiger partial charge in [-0.2, -0.15) is 5.10 Å². The smallest absolute Gasteiger partial charge is 0.359 e. The Labute approximate surface area is 178 Å². The first kappa shape index (κ1) is 21.9. The second-order valence-electron chi connectivity index (χ2n) is 7.00. The average molecular weight is 429 g/mol. The second-order valence-corrected chi connectivity index (χ2v) is 7.00. The zero-order valence-corrected chi connectivity index (χ0v) is 17.1. The number of esters is 1. The van der Waals surface area contributed by atoms with Crippen molar-refractivity contribution in [3.63, 3.8) is 0 Å². The van der Waals surface area contributed by atoms with Crippen molar-refractivity contribution in [3.05, 3.63) is 62.6 Å². The molecule has 2 aromatic rings. The van der Waals surface area contributed by atoms with Crippen LogP contribution < -0.4 is 10.5 Å². The number of hydrogen-bond donors (Lipinski definition) is 0. The lowest BCUT2D eigenvalue weighted by Gasteiger charge is -2.36. The van der Waals surface area contributed by atoms with E-state index in [-0.39, 0.29) is 22.8 Å². The van der Waals surface area contributed by atoms with Crippen molar-refractivity contribution in [1.82, 2.24) is 14.7 Å². The Hall–Kier alpha value is -3.76. The molecule has 2 heterocycles. The lowest BCUT2D eigenvalue weighted by molar-refractivity contribution is -0.384. The fourth-order valence-corrected chi connectivity index (χ4v) is 3.22. The highest BCUT2D eigenvalue weighted by molar-refractivity contribution is 5.89. The van der Waals surface area contributed by atoms with Crippen LogP contribution in [0, 0.1) is 10.1 Å². The van der Waals surface area contributed by atoms with E-state index in [9.17, 15) is 24.5 Å². The zero-order valence-electron chi connectivity index (χ0n) is 17.1. The predicted octanol–water partition coefficient (Wildman–Crippen LogP) is 1.07. The maximum atomic E-state index is 12.4. The molecule has 0 atom stereocenters. The molecule has 164 valence electrons. The number of benzene rings is 1. The van der Waals surface area contributed by atoms with Gasteiger partial charge in [0.05, 0.1) is 4.92 Å². The quantitative estimate of drug-likeness (QED) is 0.363. The van der Waals surface area contributed by atoms with Gasteiger partial charge in [0.1, 0.15) is 0 Å². The Bertz CT molecular complexity index is 1010. The van der Waals surface area contributed by atoms with Gasteiger partial charge in [0, 0.05) is 56.6 Å². The molecule has 0 bridgehead atoms. The highest BCUT2D eigenvalue weighted by Crippen LogP contribution is 2.20. The number of anilines is 1. The second kappa shape index (κ2) is 9.83. The maximum Gasteiger partial charge on any atom is 0.359 e. The number of hydrogen-bond acceptors (Lipinski definition) is 8. The molecular weight excluding hydrogens is 406 g/mol. The van der Waals surface area contributed by atoms with Gasteiger partial charge in [-0.05, 0) is 24.6 Å². The van der Waals surface area contributed by atoms with E-state index in [1.807, 2.05) is 11.8 Å².